The largest absolute Gasteiger partial charge is 0.494 e. The Kier molecular flexibility index (Phi) is 14.1. The monoisotopic (exact) mass is 718 g/mol. The maximum Gasteiger partial charge on any atom is 0.343 e. The van der Waals surface area contributed by atoms with Crippen LogP contribution in [0.15, 0.2) is 158 Å². The number of carbonyl (C=O) groups excluding carboxylic acids is 2. The zero-order valence-electron chi connectivity index (χ0n) is 30.5. The van der Waals surface area contributed by atoms with Gasteiger partial charge < -0.3 is 18.9 Å². The molecule has 0 bridgehead atoms. The summed E-state index contributed by atoms with van der Waals surface area (Å²) in [6.07, 6.45) is 9.09. The van der Waals surface area contributed by atoms with Crippen LogP contribution in [0.25, 0.3) is 22.3 Å². The molecule has 0 spiro atoms. The number of esters is 2. The summed E-state index contributed by atoms with van der Waals surface area (Å²) in [6.45, 7) is 1.33. The second-order valence-electron chi connectivity index (χ2n) is 13.1. The molecule has 54 heavy (non-hydrogen) atoms. The van der Waals surface area contributed by atoms with E-state index in [1.165, 1.54) is 25.7 Å². The molecule has 0 heterocycles. The summed E-state index contributed by atoms with van der Waals surface area (Å²) in [5.74, 6) is 1.74. The lowest BCUT2D eigenvalue weighted by Crippen LogP contribution is -2.08. The Morgan fingerprint density at radius 1 is 0.315 bits per heavy atom. The van der Waals surface area contributed by atoms with Crippen molar-refractivity contribution in [3.8, 4) is 45.3 Å². The highest BCUT2D eigenvalue weighted by Gasteiger charge is 2.11. The molecule has 6 heteroatoms. The first-order valence-corrected chi connectivity index (χ1v) is 18.8. The van der Waals surface area contributed by atoms with Crippen molar-refractivity contribution in [3.05, 3.63) is 169 Å². The van der Waals surface area contributed by atoms with Gasteiger partial charge in [-0.2, -0.15) is 0 Å². The van der Waals surface area contributed by atoms with Gasteiger partial charge in [-0.1, -0.05) is 123 Å². The van der Waals surface area contributed by atoms with Crippen molar-refractivity contribution in [2.45, 2.75) is 51.4 Å². The number of carbonyl (C=O) groups is 2. The van der Waals surface area contributed by atoms with E-state index in [4.69, 9.17) is 18.9 Å². The van der Waals surface area contributed by atoms with E-state index >= 15 is 0 Å². The third kappa shape index (κ3) is 11.7. The van der Waals surface area contributed by atoms with Crippen LogP contribution in [0.5, 0.6) is 23.0 Å². The maximum atomic E-state index is 12.6. The van der Waals surface area contributed by atoms with E-state index in [2.05, 4.69) is 0 Å². The highest BCUT2D eigenvalue weighted by Crippen LogP contribution is 2.24. The molecule has 0 unspecified atom stereocenters. The zero-order chi connectivity index (χ0) is 37.2. The van der Waals surface area contributed by atoms with Gasteiger partial charge in [-0.15, -0.1) is 0 Å². The molecule has 0 saturated heterocycles. The standard InChI is InChI=1S/C48H46O6/c49-47(41-23-19-39(20-24-41)37-15-9-7-10-16-37)53-45-31-27-43(28-32-45)51-35-13-5-3-1-2-4-6-14-36-52-44-29-33-46(34-30-44)54-48(50)42-25-21-40(22-26-42)38-17-11-8-12-18-38/h7-12,15-34H,1-6,13-14,35-36H2. The van der Waals surface area contributed by atoms with Crippen LogP contribution in [-0.4, -0.2) is 25.2 Å². The molecule has 0 aromatic heterocycles. The van der Waals surface area contributed by atoms with Gasteiger partial charge in [0.1, 0.15) is 23.0 Å². The Bertz CT molecular complexity index is 1860. The average molecular weight is 719 g/mol. The van der Waals surface area contributed by atoms with Crippen molar-refractivity contribution in [1.29, 1.82) is 0 Å². The third-order valence-electron chi connectivity index (χ3n) is 9.10. The molecule has 0 aliphatic heterocycles. The van der Waals surface area contributed by atoms with Gasteiger partial charge >= 0.3 is 11.9 Å². The lowest BCUT2D eigenvalue weighted by molar-refractivity contribution is 0.0725. The van der Waals surface area contributed by atoms with Gasteiger partial charge in [0.05, 0.1) is 24.3 Å². The Hall–Kier alpha value is -6.14. The van der Waals surface area contributed by atoms with E-state index in [0.717, 1.165) is 59.4 Å². The van der Waals surface area contributed by atoms with Crippen LogP contribution in [0.4, 0.5) is 0 Å². The van der Waals surface area contributed by atoms with Crippen molar-refractivity contribution in [3.63, 3.8) is 0 Å². The minimum absolute atomic E-state index is 0.386. The predicted octanol–water partition coefficient (Wildman–Crippen LogP) is 12.0. The molecule has 0 amide bonds. The molecule has 6 nitrogen and oxygen atoms in total. The fraction of sp³-hybridized carbons (Fsp3) is 0.208. The van der Waals surface area contributed by atoms with Crippen LogP contribution in [0, 0.1) is 0 Å². The molecule has 0 radical (unpaired) electrons. The number of benzene rings is 6. The molecule has 0 saturated carbocycles. The first kappa shape index (κ1) is 37.6. The first-order chi connectivity index (χ1) is 26.6. The zero-order valence-corrected chi connectivity index (χ0v) is 30.5. The van der Waals surface area contributed by atoms with E-state index in [-0.39, 0.29) is 11.9 Å². The third-order valence-corrected chi connectivity index (χ3v) is 9.10. The molecular weight excluding hydrogens is 673 g/mol. The molecule has 6 rings (SSSR count). The second-order valence-corrected chi connectivity index (χ2v) is 13.1. The first-order valence-electron chi connectivity index (χ1n) is 18.8. The maximum absolute atomic E-state index is 12.6. The summed E-state index contributed by atoms with van der Waals surface area (Å²) in [5.41, 5.74) is 5.33. The van der Waals surface area contributed by atoms with Gasteiger partial charge in [0.2, 0.25) is 0 Å². The Morgan fingerprint density at radius 3 is 0.963 bits per heavy atom. The van der Waals surface area contributed by atoms with Crippen molar-refractivity contribution < 1.29 is 28.5 Å². The van der Waals surface area contributed by atoms with Gasteiger partial charge in [-0.05, 0) is 108 Å². The van der Waals surface area contributed by atoms with Crippen LogP contribution >= 0.6 is 0 Å². The highest BCUT2D eigenvalue weighted by molar-refractivity contribution is 5.92. The van der Waals surface area contributed by atoms with Crippen molar-refractivity contribution in [1.82, 2.24) is 0 Å². The molecule has 0 fully saturated rings. The van der Waals surface area contributed by atoms with Crippen molar-refractivity contribution in [2.75, 3.05) is 13.2 Å². The summed E-state index contributed by atoms with van der Waals surface area (Å²) < 4.78 is 22.9. The quantitative estimate of drug-likeness (QED) is 0.0472. The number of ether oxygens (including phenoxy) is 4. The van der Waals surface area contributed by atoms with E-state index in [9.17, 15) is 9.59 Å². The summed E-state index contributed by atoms with van der Waals surface area (Å²) in [6, 6.07) is 49.4. The Balaban J connectivity index is 0.764. The molecule has 6 aromatic rings. The Labute approximate surface area is 318 Å². The van der Waals surface area contributed by atoms with Crippen LogP contribution in [0.2, 0.25) is 0 Å². The highest BCUT2D eigenvalue weighted by atomic mass is 16.5. The van der Waals surface area contributed by atoms with Gasteiger partial charge in [0, 0.05) is 0 Å². The van der Waals surface area contributed by atoms with Gasteiger partial charge in [0.25, 0.3) is 0 Å². The number of hydrogen-bond acceptors (Lipinski definition) is 6. The minimum Gasteiger partial charge on any atom is -0.494 e. The molecule has 0 aliphatic rings. The van der Waals surface area contributed by atoms with Crippen LogP contribution in [0.3, 0.4) is 0 Å². The van der Waals surface area contributed by atoms with Gasteiger partial charge in [0.15, 0.2) is 0 Å². The average Bonchev–Trinajstić information content (AvgIpc) is 3.23. The van der Waals surface area contributed by atoms with E-state index in [1.54, 1.807) is 48.5 Å². The Morgan fingerprint density at radius 2 is 0.611 bits per heavy atom. The molecule has 6 aromatic carbocycles. The lowest BCUT2D eigenvalue weighted by atomic mass is 10.0. The van der Waals surface area contributed by atoms with E-state index in [1.807, 2.05) is 109 Å². The van der Waals surface area contributed by atoms with Crippen LogP contribution in [0.1, 0.15) is 72.1 Å². The lowest BCUT2D eigenvalue weighted by Gasteiger charge is -2.09. The smallest absolute Gasteiger partial charge is 0.343 e. The topological polar surface area (TPSA) is 71.1 Å². The number of unbranched alkanes of at least 4 members (excludes halogenated alkanes) is 7. The number of hydrogen-bond donors (Lipinski definition) is 0. The molecule has 274 valence electrons. The molecule has 0 N–H and O–H groups in total. The SMILES string of the molecule is O=C(Oc1ccc(OCCCCCCCCCCOc2ccc(OC(=O)c3ccc(-c4ccccc4)cc3)cc2)cc1)c1ccc(-c2ccccc2)cc1. The van der Waals surface area contributed by atoms with Gasteiger partial charge in [-0.3, -0.25) is 0 Å². The molecular formula is C48H46O6. The fourth-order valence-corrected chi connectivity index (χ4v) is 6.04. The fourth-order valence-electron chi connectivity index (χ4n) is 6.04. The summed E-state index contributed by atoms with van der Waals surface area (Å²) >= 11 is 0. The minimum atomic E-state index is -0.386. The normalized spacial score (nSPS) is 10.7. The van der Waals surface area contributed by atoms with Gasteiger partial charge in [-0.25, -0.2) is 9.59 Å². The summed E-state index contributed by atoms with van der Waals surface area (Å²) in [7, 11) is 0. The van der Waals surface area contributed by atoms with Crippen LogP contribution in [-0.2, 0) is 0 Å². The van der Waals surface area contributed by atoms with Crippen molar-refractivity contribution >= 4 is 11.9 Å². The van der Waals surface area contributed by atoms with E-state index < -0.39 is 0 Å². The van der Waals surface area contributed by atoms with E-state index in [0.29, 0.717) is 35.8 Å². The summed E-state index contributed by atoms with van der Waals surface area (Å²) in [4.78, 5) is 25.2. The van der Waals surface area contributed by atoms with Crippen molar-refractivity contribution in [2.24, 2.45) is 0 Å². The second kappa shape index (κ2) is 20.2. The predicted molar refractivity (Wildman–Crippen MR) is 214 cm³/mol. The number of rotatable bonds is 19. The molecule has 0 atom stereocenters. The molecule has 0 aliphatic carbocycles. The van der Waals surface area contributed by atoms with Crippen LogP contribution < -0.4 is 18.9 Å². The summed E-state index contributed by atoms with van der Waals surface area (Å²) in [5, 5.41) is 0.